The quantitative estimate of drug-likeness (QED) is 0.0279. The molecular weight excluding hydrogens is 754 g/mol. The van der Waals surface area contributed by atoms with Gasteiger partial charge < -0.3 is 48.6 Å². The van der Waals surface area contributed by atoms with Gasteiger partial charge in [-0.1, -0.05) is 5.16 Å². The average molecular weight is 781 g/mol. The van der Waals surface area contributed by atoms with E-state index in [9.17, 15) is 32.2 Å². The highest BCUT2D eigenvalue weighted by Gasteiger charge is 2.48. The minimum absolute atomic E-state index is 0.174. The van der Waals surface area contributed by atoms with Crippen LogP contribution in [-0.2, 0) is 68.0 Å². The van der Waals surface area contributed by atoms with Crippen LogP contribution >= 0.6 is 46.9 Å². The predicted molar refractivity (Wildman–Crippen MR) is 139 cm³/mol. The van der Waals surface area contributed by atoms with E-state index in [1.54, 1.807) is 31.7 Å². The van der Waals surface area contributed by atoms with Gasteiger partial charge in [-0.25, -0.2) is 41.7 Å². The number of esters is 1. The van der Waals surface area contributed by atoms with Crippen LogP contribution in [-0.4, -0.2) is 113 Å². The summed E-state index contributed by atoms with van der Waals surface area (Å²) in [5, 5.41) is 12.4. The number of nitriles is 1. The summed E-state index contributed by atoms with van der Waals surface area (Å²) in [7, 11) is -32.6. The summed E-state index contributed by atoms with van der Waals surface area (Å²) in [6.07, 6.45) is 0. The number of oxime groups is 1. The Kier molecular flexibility index (Phi) is 17.2. The van der Waals surface area contributed by atoms with Crippen molar-refractivity contribution in [3.05, 3.63) is 0 Å². The Balaban J connectivity index is 0.000000880. The van der Waals surface area contributed by atoms with Crippen LogP contribution in [0.4, 0.5) is 0 Å². The summed E-state index contributed by atoms with van der Waals surface area (Å²) in [6.45, 7) is 4.32. The van der Waals surface area contributed by atoms with Gasteiger partial charge in [-0.2, -0.15) is 26.8 Å². The first kappa shape index (κ1) is 43.7. The van der Waals surface area contributed by atoms with E-state index in [2.05, 4.69) is 26.7 Å². The van der Waals surface area contributed by atoms with E-state index in [0.717, 1.165) is 0 Å². The van der Waals surface area contributed by atoms with Crippen molar-refractivity contribution < 1.29 is 112 Å². The first-order valence-corrected chi connectivity index (χ1v) is 19.9. The van der Waals surface area contributed by atoms with Gasteiger partial charge in [-0.05, 0) is 6.92 Å². The minimum atomic E-state index is -6.26. The van der Waals surface area contributed by atoms with Crippen LogP contribution in [0.1, 0.15) is 6.92 Å². The van der Waals surface area contributed by atoms with Gasteiger partial charge in [0.1, 0.15) is 19.2 Å². The molecule has 4 atom stereocenters. The van der Waals surface area contributed by atoms with Crippen molar-refractivity contribution in [3.8, 4) is 6.07 Å². The van der Waals surface area contributed by atoms with Crippen molar-refractivity contribution in [2.45, 2.75) is 6.92 Å². The number of morpholine rings is 1. The molecule has 0 spiro atoms. The van der Waals surface area contributed by atoms with Gasteiger partial charge in [-0.3, -0.25) is 4.84 Å². The molecular formula is C12H27N4O23P6+. The number of hydrogen-bond donors (Lipinski definition) is 8. The van der Waals surface area contributed by atoms with Crippen molar-refractivity contribution >= 4 is 64.6 Å². The number of ether oxygens (including phenoxy) is 2. The van der Waals surface area contributed by atoms with Gasteiger partial charge in [0.05, 0.1) is 33.9 Å². The Hall–Kier alpha value is -1.28. The zero-order valence-corrected chi connectivity index (χ0v) is 28.1. The molecule has 1 heterocycles. The molecule has 27 nitrogen and oxygen atoms in total. The lowest BCUT2D eigenvalue weighted by molar-refractivity contribution is -0.481. The maximum Gasteiger partial charge on any atom is 0.490 e. The minimum Gasteiger partial charge on any atom is -0.461 e. The SMILES string of the molecule is CCOC(=O)/C(C#N)=N/OC(N1CCOCC1)=[N+](C)C.O=P(O)(O)OP(=O)(O)OP(=O)(O)OP(=O)(O)OP(=O)(O)OP(=O)(O)O. The molecule has 0 saturated carbocycles. The fourth-order valence-electron chi connectivity index (χ4n) is 2.29. The number of nitrogens with zero attached hydrogens (tertiary/aromatic N) is 4. The van der Waals surface area contributed by atoms with Gasteiger partial charge in [0.2, 0.25) is 0 Å². The van der Waals surface area contributed by atoms with Gasteiger partial charge >= 0.3 is 58.9 Å². The molecule has 0 aromatic heterocycles. The molecule has 45 heavy (non-hydrogen) atoms. The topological polar surface area (TPSA) is 398 Å². The number of hydrogen-bond acceptors (Lipinski definition) is 17. The Morgan fingerprint density at radius 2 is 1.18 bits per heavy atom. The van der Waals surface area contributed by atoms with Gasteiger partial charge in [0.25, 0.3) is 5.71 Å². The molecule has 0 aromatic rings. The monoisotopic (exact) mass is 781 g/mol. The van der Waals surface area contributed by atoms with Crippen LogP contribution in [0.3, 0.4) is 0 Å². The van der Waals surface area contributed by atoms with Crippen LogP contribution in [0.15, 0.2) is 5.16 Å². The zero-order chi connectivity index (χ0) is 35.5. The van der Waals surface area contributed by atoms with Crippen molar-refractivity contribution in [2.75, 3.05) is 47.0 Å². The Morgan fingerprint density at radius 3 is 1.49 bits per heavy atom. The van der Waals surface area contributed by atoms with Crippen LogP contribution in [0.2, 0.25) is 0 Å². The first-order valence-electron chi connectivity index (χ1n) is 10.8. The molecule has 0 bridgehead atoms. The summed E-state index contributed by atoms with van der Waals surface area (Å²) < 4.78 is 92.1. The standard InChI is InChI=1S/C12H19N4O4.H8O19P6/c1-4-19-11(17)10(9-13)14-20-12(15(2)3)16-5-7-18-8-6-16;1-20(2,3)15-22(7,8)17-24(11,12)19-25(13,14)18-23(9,10)16-21(4,5)6/h4-8H2,1-3H3;(H,7,8)(H,9,10)(H,11,12)(H,13,14)(H2,1,2,3)(H2,4,5,6)/q+1;/b14-10+;. The lowest BCUT2D eigenvalue weighted by Gasteiger charge is -2.21. The second-order valence-corrected chi connectivity index (χ2v) is 16.4. The lowest BCUT2D eigenvalue weighted by atomic mass is 10.4. The van der Waals surface area contributed by atoms with Crippen LogP contribution in [0, 0.1) is 11.3 Å². The molecule has 0 aromatic carbocycles. The molecule has 1 rings (SSSR count). The average Bonchev–Trinajstić information content (AvgIpc) is 2.77. The van der Waals surface area contributed by atoms with E-state index < -0.39 is 58.6 Å². The highest BCUT2D eigenvalue weighted by atomic mass is 31.3. The molecule has 1 aliphatic heterocycles. The molecule has 33 heteroatoms. The largest absolute Gasteiger partial charge is 0.490 e. The van der Waals surface area contributed by atoms with Gasteiger partial charge in [-0.15, -0.1) is 0 Å². The molecule has 0 amide bonds. The van der Waals surface area contributed by atoms with E-state index in [4.69, 9.17) is 58.7 Å². The van der Waals surface area contributed by atoms with Crippen molar-refractivity contribution in [1.82, 2.24) is 4.90 Å². The smallest absolute Gasteiger partial charge is 0.461 e. The van der Waals surface area contributed by atoms with Crippen LogP contribution in [0.5, 0.6) is 0 Å². The highest BCUT2D eigenvalue weighted by molar-refractivity contribution is 7.72. The van der Waals surface area contributed by atoms with Crippen molar-refractivity contribution in [3.63, 3.8) is 0 Å². The molecule has 0 aliphatic carbocycles. The summed E-state index contributed by atoms with van der Waals surface area (Å²) >= 11 is 0. The summed E-state index contributed by atoms with van der Waals surface area (Å²) in [5.41, 5.74) is -0.417. The number of carbonyl (C=O) groups is 1. The fourth-order valence-corrected chi connectivity index (χ4v) is 9.12. The summed E-state index contributed by atoms with van der Waals surface area (Å²) in [4.78, 5) is 86.7. The lowest BCUT2D eigenvalue weighted by Crippen LogP contribution is -2.44. The third-order valence-corrected chi connectivity index (χ3v) is 11.8. The number of amidine groups is 1. The van der Waals surface area contributed by atoms with Gasteiger partial charge in [0, 0.05) is 0 Å². The Morgan fingerprint density at radius 1 is 0.800 bits per heavy atom. The molecule has 262 valence electrons. The van der Waals surface area contributed by atoms with E-state index in [1.807, 2.05) is 4.90 Å². The third-order valence-electron chi connectivity index (χ3n) is 3.50. The molecule has 0 radical (unpaired) electrons. The Labute approximate surface area is 252 Å². The number of phosphoric acid groups is 6. The second-order valence-electron chi connectivity index (χ2n) is 7.40. The molecule has 1 aliphatic rings. The molecule has 4 unspecified atom stereocenters. The fraction of sp³-hybridized carbons (Fsp3) is 0.667. The zero-order valence-electron chi connectivity index (χ0n) is 22.7. The van der Waals surface area contributed by atoms with E-state index in [0.29, 0.717) is 32.3 Å². The molecule has 1 saturated heterocycles. The predicted octanol–water partition coefficient (Wildman–Crippen LogP) is -0.938. The summed E-state index contributed by atoms with van der Waals surface area (Å²) in [5.74, 6) is -0.796. The summed E-state index contributed by atoms with van der Waals surface area (Å²) in [6, 6.07) is 2.11. The van der Waals surface area contributed by atoms with E-state index >= 15 is 0 Å². The Bertz CT molecular complexity index is 1370. The number of carbonyl (C=O) groups excluding carboxylic acids is 1. The van der Waals surface area contributed by atoms with Crippen LogP contribution in [0.25, 0.3) is 0 Å². The van der Waals surface area contributed by atoms with Gasteiger partial charge in [0.15, 0.2) is 0 Å². The molecule has 8 N–H and O–H groups in total. The van der Waals surface area contributed by atoms with E-state index in [1.165, 1.54) is 0 Å². The van der Waals surface area contributed by atoms with Crippen molar-refractivity contribution in [2.24, 2.45) is 5.16 Å². The van der Waals surface area contributed by atoms with Crippen LogP contribution < -0.4 is 0 Å². The highest BCUT2D eigenvalue weighted by Crippen LogP contribution is 2.74. The normalized spacial score (nSPS) is 19.6. The van der Waals surface area contributed by atoms with Crippen molar-refractivity contribution in [1.29, 1.82) is 5.26 Å². The maximum atomic E-state index is 11.4. The maximum absolute atomic E-state index is 11.4. The second kappa shape index (κ2) is 17.8. The number of rotatable bonds is 13. The molecule has 1 fully saturated rings. The first-order chi connectivity index (χ1) is 20.1. The third kappa shape index (κ3) is 20.5. The van der Waals surface area contributed by atoms with E-state index in [-0.39, 0.29) is 6.61 Å².